The maximum Gasteiger partial charge on any atom is 0.123 e. The van der Waals surface area contributed by atoms with Gasteiger partial charge in [0.25, 0.3) is 0 Å². The van der Waals surface area contributed by atoms with Gasteiger partial charge in [0.05, 0.1) is 0 Å². The number of nitrogens with two attached hydrogens (primary N) is 1. The molecule has 4 heteroatoms. The Hall–Kier alpha value is -0.740. The van der Waals surface area contributed by atoms with E-state index >= 15 is 0 Å². The lowest BCUT2D eigenvalue weighted by Crippen LogP contribution is -2.23. The van der Waals surface area contributed by atoms with E-state index in [2.05, 4.69) is 11.2 Å². The minimum atomic E-state index is -0.227. The van der Waals surface area contributed by atoms with Crippen LogP contribution in [0.3, 0.4) is 0 Å². The summed E-state index contributed by atoms with van der Waals surface area (Å²) in [6.45, 7) is 2.81. The summed E-state index contributed by atoms with van der Waals surface area (Å²) < 4.78 is 13.1. The lowest BCUT2D eigenvalue weighted by Gasteiger charge is -2.23. The van der Waals surface area contributed by atoms with E-state index in [1.807, 2.05) is 14.0 Å². The molecule has 0 radical (unpaired) electrons. The van der Waals surface area contributed by atoms with Crippen LogP contribution in [0.25, 0.3) is 0 Å². The molecule has 0 aliphatic rings. The van der Waals surface area contributed by atoms with Gasteiger partial charge < -0.3 is 10.6 Å². The summed E-state index contributed by atoms with van der Waals surface area (Å²) >= 11 is 1.80. The molecule has 1 aromatic rings. The summed E-state index contributed by atoms with van der Waals surface area (Å²) in [4.78, 5) is 2.12. The van der Waals surface area contributed by atoms with E-state index in [9.17, 15) is 4.39 Å². The fraction of sp³-hybridized carbons (Fsp3) is 0.500. The number of anilines is 1. The third-order valence-electron chi connectivity index (χ3n) is 2.52. The molecule has 16 heavy (non-hydrogen) atoms. The molecule has 0 bridgehead atoms. The van der Waals surface area contributed by atoms with Gasteiger partial charge in [-0.15, -0.1) is 0 Å². The van der Waals surface area contributed by atoms with E-state index in [0.29, 0.717) is 0 Å². The summed E-state index contributed by atoms with van der Waals surface area (Å²) in [5.74, 6) is 0.820. The van der Waals surface area contributed by atoms with Crippen molar-refractivity contribution >= 4 is 17.4 Å². The van der Waals surface area contributed by atoms with Crippen LogP contribution in [0.2, 0.25) is 0 Å². The van der Waals surface area contributed by atoms with Crippen molar-refractivity contribution < 1.29 is 4.39 Å². The molecule has 1 atom stereocenters. The largest absolute Gasteiger partial charge is 0.373 e. The van der Waals surface area contributed by atoms with Crippen LogP contribution in [-0.4, -0.2) is 25.6 Å². The zero-order valence-electron chi connectivity index (χ0n) is 10.0. The standard InChI is InChI=1S/C12H19FN2S/c1-9(14)11-8-10(13)4-5-12(11)15(2)6-7-16-3/h4-5,8-9H,6-7,14H2,1-3H3. The van der Waals surface area contributed by atoms with Crippen LogP contribution in [-0.2, 0) is 0 Å². The first-order chi connectivity index (χ1) is 7.56. The quantitative estimate of drug-likeness (QED) is 0.860. The highest BCUT2D eigenvalue weighted by Crippen LogP contribution is 2.25. The fourth-order valence-corrected chi connectivity index (χ4v) is 2.04. The molecule has 0 spiro atoms. The molecule has 0 saturated heterocycles. The van der Waals surface area contributed by atoms with Gasteiger partial charge in [0.1, 0.15) is 5.82 Å². The molecule has 0 amide bonds. The second-order valence-corrected chi connectivity index (χ2v) is 4.89. The number of nitrogens with zero attached hydrogens (tertiary/aromatic N) is 1. The number of halogens is 1. The van der Waals surface area contributed by atoms with Crippen molar-refractivity contribution in [1.29, 1.82) is 0 Å². The van der Waals surface area contributed by atoms with Crippen LogP contribution in [0.15, 0.2) is 18.2 Å². The second kappa shape index (κ2) is 6.11. The van der Waals surface area contributed by atoms with E-state index in [1.54, 1.807) is 17.8 Å². The van der Waals surface area contributed by atoms with Crippen molar-refractivity contribution in [3.63, 3.8) is 0 Å². The highest BCUT2D eigenvalue weighted by molar-refractivity contribution is 7.98. The molecule has 1 rings (SSSR count). The summed E-state index contributed by atoms with van der Waals surface area (Å²) in [7, 11) is 2.01. The van der Waals surface area contributed by atoms with Gasteiger partial charge in [-0.25, -0.2) is 4.39 Å². The summed E-state index contributed by atoms with van der Waals surface area (Å²) in [5, 5.41) is 0. The summed E-state index contributed by atoms with van der Waals surface area (Å²) in [5.41, 5.74) is 7.73. The molecule has 0 aromatic heterocycles. The second-order valence-electron chi connectivity index (χ2n) is 3.91. The first-order valence-corrected chi connectivity index (χ1v) is 6.70. The van der Waals surface area contributed by atoms with Crippen molar-refractivity contribution in [2.24, 2.45) is 5.73 Å². The van der Waals surface area contributed by atoms with Crippen LogP contribution in [0.5, 0.6) is 0 Å². The van der Waals surface area contributed by atoms with Crippen LogP contribution in [0.1, 0.15) is 18.5 Å². The first-order valence-electron chi connectivity index (χ1n) is 5.31. The molecule has 0 heterocycles. The molecule has 0 saturated carbocycles. The normalized spacial score (nSPS) is 12.6. The predicted molar refractivity (Wildman–Crippen MR) is 70.7 cm³/mol. The molecule has 0 fully saturated rings. The van der Waals surface area contributed by atoms with Crippen LogP contribution in [0.4, 0.5) is 10.1 Å². The monoisotopic (exact) mass is 242 g/mol. The van der Waals surface area contributed by atoms with Crippen molar-refractivity contribution in [1.82, 2.24) is 0 Å². The van der Waals surface area contributed by atoms with Gasteiger partial charge in [-0.05, 0) is 36.9 Å². The SMILES string of the molecule is CSCCN(C)c1ccc(F)cc1C(C)N. The van der Waals surface area contributed by atoms with Crippen molar-refractivity contribution in [3.05, 3.63) is 29.6 Å². The third kappa shape index (κ3) is 3.39. The van der Waals surface area contributed by atoms with Gasteiger partial charge in [0.15, 0.2) is 0 Å². The Morgan fingerprint density at radius 2 is 2.19 bits per heavy atom. The fourth-order valence-electron chi connectivity index (χ4n) is 1.59. The number of benzene rings is 1. The highest BCUT2D eigenvalue weighted by atomic mass is 32.2. The highest BCUT2D eigenvalue weighted by Gasteiger charge is 2.11. The lowest BCUT2D eigenvalue weighted by atomic mass is 10.1. The van der Waals surface area contributed by atoms with Gasteiger partial charge in [-0.3, -0.25) is 0 Å². The van der Waals surface area contributed by atoms with Crippen LogP contribution in [0, 0.1) is 5.82 Å². The zero-order valence-corrected chi connectivity index (χ0v) is 10.9. The maximum absolute atomic E-state index is 13.1. The molecule has 0 aliphatic heterocycles. The predicted octanol–water partition coefficient (Wildman–Crippen LogP) is 2.64. The smallest absolute Gasteiger partial charge is 0.123 e. The van der Waals surface area contributed by atoms with Gasteiger partial charge in [-0.2, -0.15) is 11.8 Å². The first kappa shape index (κ1) is 13.3. The molecular formula is C12H19FN2S. The summed E-state index contributed by atoms with van der Waals surface area (Å²) in [6.07, 6.45) is 2.07. The number of hydrogen-bond acceptors (Lipinski definition) is 3. The van der Waals surface area contributed by atoms with Crippen molar-refractivity contribution in [2.75, 3.05) is 30.5 Å². The Morgan fingerprint density at radius 1 is 1.50 bits per heavy atom. The Labute approximate surface area is 101 Å². The Balaban J connectivity index is 2.93. The van der Waals surface area contributed by atoms with Crippen LogP contribution < -0.4 is 10.6 Å². The minimum absolute atomic E-state index is 0.151. The van der Waals surface area contributed by atoms with Crippen LogP contribution >= 0.6 is 11.8 Å². The van der Waals surface area contributed by atoms with E-state index in [4.69, 9.17) is 5.73 Å². The van der Waals surface area contributed by atoms with Crippen molar-refractivity contribution in [3.8, 4) is 0 Å². The van der Waals surface area contributed by atoms with Crippen molar-refractivity contribution in [2.45, 2.75) is 13.0 Å². The molecule has 1 aromatic carbocycles. The zero-order chi connectivity index (χ0) is 12.1. The van der Waals surface area contributed by atoms with Gasteiger partial charge in [-0.1, -0.05) is 0 Å². The third-order valence-corrected chi connectivity index (χ3v) is 3.11. The average molecular weight is 242 g/mol. The van der Waals surface area contributed by atoms with E-state index in [-0.39, 0.29) is 11.9 Å². The lowest BCUT2D eigenvalue weighted by molar-refractivity contribution is 0.622. The Morgan fingerprint density at radius 3 is 2.75 bits per heavy atom. The Kier molecular flexibility index (Phi) is 5.09. The summed E-state index contributed by atoms with van der Waals surface area (Å²) in [6, 6.07) is 4.66. The Bertz CT molecular complexity index is 342. The molecule has 1 unspecified atom stereocenters. The molecule has 2 N–H and O–H groups in total. The van der Waals surface area contributed by atoms with Gasteiger partial charge in [0.2, 0.25) is 0 Å². The average Bonchev–Trinajstić information content (AvgIpc) is 2.25. The topological polar surface area (TPSA) is 29.3 Å². The van der Waals surface area contributed by atoms with Gasteiger partial charge in [0, 0.05) is 31.1 Å². The number of hydrogen-bond donors (Lipinski definition) is 1. The minimum Gasteiger partial charge on any atom is -0.373 e. The van der Waals surface area contributed by atoms with E-state index < -0.39 is 0 Å². The van der Waals surface area contributed by atoms with E-state index in [0.717, 1.165) is 23.5 Å². The molecule has 90 valence electrons. The molecule has 0 aliphatic carbocycles. The number of thioether (sulfide) groups is 1. The molecule has 2 nitrogen and oxygen atoms in total. The van der Waals surface area contributed by atoms with E-state index in [1.165, 1.54) is 12.1 Å². The maximum atomic E-state index is 13.1. The number of rotatable bonds is 5. The molecular weight excluding hydrogens is 223 g/mol. The van der Waals surface area contributed by atoms with Gasteiger partial charge >= 0.3 is 0 Å².